The monoisotopic (exact) mass is 288 g/mol. The zero-order valence-electron chi connectivity index (χ0n) is 11.2. The minimum absolute atomic E-state index is 0.233. The average molecular weight is 288 g/mol. The lowest BCUT2D eigenvalue weighted by Gasteiger charge is -2.26. The molecular formula is C14H19F3N2O. The van der Waals surface area contributed by atoms with E-state index in [1.165, 1.54) is 5.56 Å². The van der Waals surface area contributed by atoms with Crippen molar-refractivity contribution in [2.45, 2.75) is 19.3 Å². The van der Waals surface area contributed by atoms with Crippen LogP contribution in [0.25, 0.3) is 0 Å². The number of halogens is 3. The lowest BCUT2D eigenvalue weighted by Crippen LogP contribution is -2.35. The third kappa shape index (κ3) is 5.48. The van der Waals surface area contributed by atoms with Crippen molar-refractivity contribution in [3.05, 3.63) is 35.4 Å². The van der Waals surface area contributed by atoms with Crippen LogP contribution in [0, 0.1) is 0 Å². The molecule has 0 bridgehead atoms. The van der Waals surface area contributed by atoms with Crippen LogP contribution in [0.3, 0.4) is 0 Å². The number of hydrogen-bond donors (Lipinski definition) is 1. The Hall–Kier alpha value is -1.11. The minimum atomic E-state index is -4.16. The lowest BCUT2D eigenvalue weighted by molar-refractivity contribution is -0.125. The van der Waals surface area contributed by atoms with E-state index in [1.54, 1.807) is 0 Å². The zero-order chi connectivity index (χ0) is 14.4. The van der Waals surface area contributed by atoms with Gasteiger partial charge in [0.25, 0.3) is 0 Å². The summed E-state index contributed by atoms with van der Waals surface area (Å²) in [6, 6.07) is 7.69. The molecule has 0 spiro atoms. The van der Waals surface area contributed by atoms with Crippen LogP contribution in [0.2, 0.25) is 0 Å². The Balaban J connectivity index is 1.77. The van der Waals surface area contributed by atoms with Crippen molar-refractivity contribution in [1.82, 2.24) is 10.2 Å². The quantitative estimate of drug-likeness (QED) is 0.898. The summed E-state index contributed by atoms with van der Waals surface area (Å²) in [6.45, 7) is 3.52. The normalized spacial score (nSPS) is 17.4. The third-order valence-corrected chi connectivity index (χ3v) is 3.19. The molecule has 0 unspecified atom stereocenters. The van der Waals surface area contributed by atoms with Crippen molar-refractivity contribution < 1.29 is 17.9 Å². The molecule has 1 aromatic rings. The first-order chi connectivity index (χ1) is 9.53. The molecule has 0 saturated carbocycles. The van der Waals surface area contributed by atoms with Gasteiger partial charge in [-0.2, -0.15) is 13.2 Å². The highest BCUT2D eigenvalue weighted by Crippen LogP contribution is 2.13. The minimum Gasteiger partial charge on any atom is -0.379 e. The number of hydrogen-bond acceptors (Lipinski definition) is 3. The summed E-state index contributed by atoms with van der Waals surface area (Å²) >= 11 is 0. The van der Waals surface area contributed by atoms with Crippen molar-refractivity contribution in [3.63, 3.8) is 0 Å². The molecule has 3 nitrogen and oxygen atoms in total. The van der Waals surface area contributed by atoms with E-state index in [0.29, 0.717) is 0 Å². The van der Waals surface area contributed by atoms with E-state index in [-0.39, 0.29) is 6.54 Å². The fourth-order valence-corrected chi connectivity index (χ4v) is 2.13. The van der Waals surface area contributed by atoms with Crippen LogP contribution in [0.5, 0.6) is 0 Å². The van der Waals surface area contributed by atoms with Crippen LogP contribution < -0.4 is 5.32 Å². The van der Waals surface area contributed by atoms with Crippen molar-refractivity contribution in [2.75, 3.05) is 32.8 Å². The SMILES string of the molecule is FC(F)(F)CNCc1ccc(CN2CCOCC2)cc1. The van der Waals surface area contributed by atoms with Gasteiger partial charge in [0.2, 0.25) is 0 Å². The van der Waals surface area contributed by atoms with Gasteiger partial charge in [-0.25, -0.2) is 0 Å². The number of alkyl halides is 3. The Morgan fingerprint density at radius 1 is 1.05 bits per heavy atom. The molecule has 2 rings (SSSR count). The summed E-state index contributed by atoms with van der Waals surface area (Å²) in [4.78, 5) is 2.31. The van der Waals surface area contributed by atoms with Crippen LogP contribution in [-0.4, -0.2) is 43.9 Å². The third-order valence-electron chi connectivity index (χ3n) is 3.19. The highest BCUT2D eigenvalue weighted by atomic mass is 19.4. The van der Waals surface area contributed by atoms with Gasteiger partial charge in [0.1, 0.15) is 0 Å². The van der Waals surface area contributed by atoms with Gasteiger partial charge in [0.05, 0.1) is 19.8 Å². The topological polar surface area (TPSA) is 24.5 Å². The number of nitrogens with zero attached hydrogens (tertiary/aromatic N) is 1. The molecule has 112 valence electrons. The molecule has 1 saturated heterocycles. The maximum Gasteiger partial charge on any atom is 0.401 e. The van der Waals surface area contributed by atoms with Crippen molar-refractivity contribution in [1.29, 1.82) is 0 Å². The van der Waals surface area contributed by atoms with E-state index in [2.05, 4.69) is 10.2 Å². The van der Waals surface area contributed by atoms with E-state index in [9.17, 15) is 13.2 Å². The summed E-state index contributed by atoms with van der Waals surface area (Å²) in [5.74, 6) is 0. The van der Waals surface area contributed by atoms with Crippen LogP contribution in [0.4, 0.5) is 13.2 Å². The van der Waals surface area contributed by atoms with E-state index in [0.717, 1.165) is 38.4 Å². The largest absolute Gasteiger partial charge is 0.401 e. The van der Waals surface area contributed by atoms with Gasteiger partial charge in [0, 0.05) is 26.2 Å². The first kappa shape index (κ1) is 15.3. The molecule has 1 N–H and O–H groups in total. The van der Waals surface area contributed by atoms with Crippen molar-refractivity contribution >= 4 is 0 Å². The second kappa shape index (κ2) is 7.06. The zero-order valence-corrected chi connectivity index (χ0v) is 11.2. The Bertz CT molecular complexity index is 400. The standard InChI is InChI=1S/C14H19F3N2O/c15-14(16,17)11-18-9-12-1-3-13(4-2-12)10-19-5-7-20-8-6-19/h1-4,18H,5-11H2. The molecule has 1 heterocycles. The fourth-order valence-electron chi connectivity index (χ4n) is 2.13. The molecule has 0 radical (unpaired) electrons. The molecule has 0 aromatic heterocycles. The van der Waals surface area contributed by atoms with E-state index in [4.69, 9.17) is 4.74 Å². The average Bonchev–Trinajstić information content (AvgIpc) is 2.41. The van der Waals surface area contributed by atoms with Gasteiger partial charge < -0.3 is 10.1 Å². The fraction of sp³-hybridized carbons (Fsp3) is 0.571. The molecule has 1 aliphatic rings. The predicted octanol–water partition coefficient (Wildman–Crippen LogP) is 2.17. The molecule has 1 fully saturated rings. The van der Waals surface area contributed by atoms with Gasteiger partial charge in [-0.3, -0.25) is 4.90 Å². The molecule has 1 aliphatic heterocycles. The summed E-state index contributed by atoms with van der Waals surface area (Å²) in [5, 5.41) is 2.39. The second-order valence-electron chi connectivity index (χ2n) is 4.92. The van der Waals surface area contributed by atoms with Crippen LogP contribution in [0.1, 0.15) is 11.1 Å². The number of morpholine rings is 1. The lowest BCUT2D eigenvalue weighted by atomic mass is 10.1. The van der Waals surface area contributed by atoms with Gasteiger partial charge in [-0.15, -0.1) is 0 Å². The number of nitrogens with one attached hydrogen (secondary N) is 1. The van der Waals surface area contributed by atoms with Crippen LogP contribution >= 0.6 is 0 Å². The Kier molecular flexibility index (Phi) is 5.39. The van der Waals surface area contributed by atoms with Gasteiger partial charge in [0.15, 0.2) is 0 Å². The van der Waals surface area contributed by atoms with E-state index >= 15 is 0 Å². The summed E-state index contributed by atoms with van der Waals surface area (Å²) in [5.41, 5.74) is 2.03. The van der Waals surface area contributed by atoms with E-state index < -0.39 is 12.7 Å². The molecule has 1 aromatic carbocycles. The first-order valence-corrected chi connectivity index (χ1v) is 6.68. The summed E-state index contributed by atoms with van der Waals surface area (Å²) in [7, 11) is 0. The Morgan fingerprint density at radius 3 is 2.25 bits per heavy atom. The molecular weight excluding hydrogens is 269 g/mol. The summed E-state index contributed by atoms with van der Waals surface area (Å²) < 4.78 is 41.3. The molecule has 6 heteroatoms. The van der Waals surface area contributed by atoms with Crippen LogP contribution in [0.15, 0.2) is 24.3 Å². The predicted molar refractivity (Wildman–Crippen MR) is 70.3 cm³/mol. The number of rotatable bonds is 5. The van der Waals surface area contributed by atoms with Gasteiger partial charge in [-0.1, -0.05) is 24.3 Å². The molecule has 0 aliphatic carbocycles. The maximum absolute atomic E-state index is 12.0. The van der Waals surface area contributed by atoms with Crippen molar-refractivity contribution in [2.24, 2.45) is 0 Å². The molecule has 0 amide bonds. The number of benzene rings is 1. The van der Waals surface area contributed by atoms with Gasteiger partial charge >= 0.3 is 6.18 Å². The van der Waals surface area contributed by atoms with E-state index in [1.807, 2.05) is 24.3 Å². The molecule has 20 heavy (non-hydrogen) atoms. The van der Waals surface area contributed by atoms with Crippen LogP contribution in [-0.2, 0) is 17.8 Å². The van der Waals surface area contributed by atoms with Gasteiger partial charge in [-0.05, 0) is 11.1 Å². The maximum atomic E-state index is 12.0. The molecule has 0 atom stereocenters. The van der Waals surface area contributed by atoms with Crippen molar-refractivity contribution in [3.8, 4) is 0 Å². The summed E-state index contributed by atoms with van der Waals surface area (Å²) in [6.07, 6.45) is -4.16. The first-order valence-electron chi connectivity index (χ1n) is 6.68. The Morgan fingerprint density at radius 2 is 1.65 bits per heavy atom. The highest BCUT2D eigenvalue weighted by Gasteiger charge is 2.25. The highest BCUT2D eigenvalue weighted by molar-refractivity contribution is 5.22. The Labute approximate surface area is 116 Å². The number of ether oxygens (including phenoxy) is 1. The second-order valence-corrected chi connectivity index (χ2v) is 4.92. The smallest absolute Gasteiger partial charge is 0.379 e.